The summed E-state index contributed by atoms with van der Waals surface area (Å²) in [5.41, 5.74) is 2.32. The first kappa shape index (κ1) is 19.6. The van der Waals surface area contributed by atoms with Crippen LogP contribution in [0.1, 0.15) is 24.0 Å². The Balaban J connectivity index is 2.07. The maximum atomic E-state index is 12.5. The lowest BCUT2D eigenvalue weighted by molar-refractivity contribution is -0.140. The topological polar surface area (TPSA) is 61.4 Å². The molecule has 2 N–H and O–H groups in total. The third-order valence-corrected chi connectivity index (χ3v) is 4.47. The number of nitrogens with one attached hydrogen (secondary N) is 2. The van der Waals surface area contributed by atoms with Gasteiger partial charge in [0.1, 0.15) is 12.6 Å². The van der Waals surface area contributed by atoms with Crippen molar-refractivity contribution in [2.24, 2.45) is 0 Å². The van der Waals surface area contributed by atoms with Gasteiger partial charge in [-0.25, -0.2) is 4.79 Å². The summed E-state index contributed by atoms with van der Waals surface area (Å²) in [7, 11) is 0. The van der Waals surface area contributed by atoms with E-state index >= 15 is 0 Å². The Morgan fingerprint density at radius 3 is 2.44 bits per heavy atom. The van der Waals surface area contributed by atoms with Crippen molar-refractivity contribution in [3.05, 3.63) is 27.7 Å². The lowest BCUT2D eigenvalue weighted by Gasteiger charge is -2.25. The predicted molar refractivity (Wildman–Crippen MR) is 91.4 cm³/mol. The van der Waals surface area contributed by atoms with Gasteiger partial charge in [0.25, 0.3) is 0 Å². The van der Waals surface area contributed by atoms with Crippen LogP contribution in [0.4, 0.5) is 23.7 Å². The van der Waals surface area contributed by atoms with Crippen LogP contribution in [0.3, 0.4) is 0 Å². The molecule has 1 aliphatic heterocycles. The summed E-state index contributed by atoms with van der Waals surface area (Å²) < 4.78 is 37.6. The smallest absolute Gasteiger partial charge is 0.345 e. The van der Waals surface area contributed by atoms with Crippen LogP contribution in [-0.2, 0) is 4.79 Å². The summed E-state index contributed by atoms with van der Waals surface area (Å²) in [4.78, 5) is 25.8. The molecular formula is C16H19BrF3N3O2. The molecule has 0 spiro atoms. The number of benzene rings is 1. The van der Waals surface area contributed by atoms with Crippen molar-refractivity contribution < 1.29 is 22.8 Å². The van der Waals surface area contributed by atoms with E-state index in [0.717, 1.165) is 15.6 Å². The number of rotatable bonds is 3. The number of amides is 3. The number of halogens is 4. The van der Waals surface area contributed by atoms with E-state index in [4.69, 9.17) is 0 Å². The molecule has 1 aromatic carbocycles. The summed E-state index contributed by atoms with van der Waals surface area (Å²) in [6.45, 7) is 2.60. The van der Waals surface area contributed by atoms with Crippen molar-refractivity contribution >= 4 is 33.6 Å². The van der Waals surface area contributed by atoms with Crippen molar-refractivity contribution in [1.82, 2.24) is 10.2 Å². The molecule has 9 heteroatoms. The monoisotopic (exact) mass is 421 g/mol. The molecule has 3 amide bonds. The molecule has 0 aromatic heterocycles. The van der Waals surface area contributed by atoms with E-state index in [2.05, 4.69) is 21.2 Å². The highest BCUT2D eigenvalue weighted by Crippen LogP contribution is 2.27. The molecule has 0 aliphatic carbocycles. The number of alkyl halides is 3. The standard InChI is InChI=1S/C16H19BrF3N3O2/c1-9-6-11(17)7-10(2)13(9)22-15(25)23-5-3-4-12(23)14(24)21-8-16(18,19)20/h6-7,12H,3-5,8H2,1-2H3,(H,21,24)(H,22,25). The molecule has 1 unspecified atom stereocenters. The average Bonchev–Trinajstić information content (AvgIpc) is 2.97. The van der Waals surface area contributed by atoms with E-state index in [1.165, 1.54) is 4.90 Å². The van der Waals surface area contributed by atoms with Gasteiger partial charge in [-0.3, -0.25) is 4.79 Å². The molecule has 1 heterocycles. The zero-order chi connectivity index (χ0) is 18.8. The van der Waals surface area contributed by atoms with Crippen LogP contribution in [0.25, 0.3) is 0 Å². The fourth-order valence-electron chi connectivity index (χ4n) is 2.87. The lowest BCUT2D eigenvalue weighted by atomic mass is 10.1. The number of aryl methyl sites for hydroxylation is 2. The highest BCUT2D eigenvalue weighted by atomic mass is 79.9. The predicted octanol–water partition coefficient (Wildman–Crippen LogP) is 3.74. The molecule has 1 atom stereocenters. The molecule has 5 nitrogen and oxygen atoms in total. The van der Waals surface area contributed by atoms with Crippen LogP contribution in [0, 0.1) is 13.8 Å². The molecule has 2 rings (SSSR count). The van der Waals surface area contributed by atoms with Crippen molar-refractivity contribution in [3.8, 4) is 0 Å². The van der Waals surface area contributed by atoms with Gasteiger partial charge in [-0.15, -0.1) is 0 Å². The maximum absolute atomic E-state index is 12.5. The summed E-state index contributed by atoms with van der Waals surface area (Å²) in [5, 5.41) is 4.62. The number of likely N-dealkylation sites (tertiary alicyclic amines) is 1. The SMILES string of the molecule is Cc1cc(Br)cc(C)c1NC(=O)N1CCCC1C(=O)NCC(F)(F)F. The number of carbonyl (C=O) groups excluding carboxylic acids is 2. The number of anilines is 1. The molecule has 0 bridgehead atoms. The van der Waals surface area contributed by atoms with Crippen molar-refractivity contribution in [1.29, 1.82) is 0 Å². The van der Waals surface area contributed by atoms with Crippen LogP contribution < -0.4 is 10.6 Å². The summed E-state index contributed by atoms with van der Waals surface area (Å²) in [5.74, 6) is -0.783. The number of urea groups is 1. The number of carbonyl (C=O) groups is 2. The van der Waals surface area contributed by atoms with Gasteiger partial charge in [0, 0.05) is 16.7 Å². The number of hydrogen-bond acceptors (Lipinski definition) is 2. The molecule has 0 radical (unpaired) electrons. The molecule has 138 valence electrons. The van der Waals surface area contributed by atoms with Gasteiger partial charge in [0.05, 0.1) is 0 Å². The maximum Gasteiger partial charge on any atom is 0.405 e. The largest absolute Gasteiger partial charge is 0.405 e. The average molecular weight is 422 g/mol. The first-order chi connectivity index (χ1) is 11.6. The van der Waals surface area contributed by atoms with Gasteiger partial charge in [-0.2, -0.15) is 13.2 Å². The minimum atomic E-state index is -4.48. The minimum Gasteiger partial charge on any atom is -0.345 e. The molecule has 1 fully saturated rings. The third-order valence-electron chi connectivity index (χ3n) is 4.01. The van der Waals surface area contributed by atoms with Crippen LogP contribution in [0.5, 0.6) is 0 Å². The van der Waals surface area contributed by atoms with E-state index in [-0.39, 0.29) is 0 Å². The second-order valence-corrected chi connectivity index (χ2v) is 6.94. The molecule has 1 aliphatic rings. The zero-order valence-corrected chi connectivity index (χ0v) is 15.4. The van der Waals surface area contributed by atoms with Crippen molar-refractivity contribution in [2.45, 2.75) is 38.9 Å². The van der Waals surface area contributed by atoms with Crippen LogP contribution >= 0.6 is 15.9 Å². The first-order valence-electron chi connectivity index (χ1n) is 7.77. The van der Waals surface area contributed by atoms with Gasteiger partial charge >= 0.3 is 12.2 Å². The zero-order valence-electron chi connectivity index (χ0n) is 13.8. The van der Waals surface area contributed by atoms with Gasteiger partial charge in [0.15, 0.2) is 0 Å². The molecular weight excluding hydrogens is 403 g/mol. The fourth-order valence-corrected chi connectivity index (χ4v) is 3.56. The highest BCUT2D eigenvalue weighted by molar-refractivity contribution is 9.10. The Kier molecular flexibility index (Phi) is 5.97. The van der Waals surface area contributed by atoms with E-state index < -0.39 is 30.7 Å². The summed E-state index contributed by atoms with van der Waals surface area (Å²) in [6, 6.07) is 2.32. The van der Waals surface area contributed by atoms with Gasteiger partial charge in [-0.05, 0) is 49.9 Å². The van der Waals surface area contributed by atoms with Gasteiger partial charge in [-0.1, -0.05) is 15.9 Å². The second-order valence-electron chi connectivity index (χ2n) is 6.03. The van der Waals surface area contributed by atoms with Crippen LogP contribution in [0.15, 0.2) is 16.6 Å². The Morgan fingerprint density at radius 2 is 1.88 bits per heavy atom. The van der Waals surface area contributed by atoms with E-state index in [1.807, 2.05) is 31.3 Å². The van der Waals surface area contributed by atoms with E-state index in [1.54, 1.807) is 0 Å². The van der Waals surface area contributed by atoms with Crippen molar-refractivity contribution in [3.63, 3.8) is 0 Å². The second kappa shape index (κ2) is 7.63. The van der Waals surface area contributed by atoms with Crippen molar-refractivity contribution in [2.75, 3.05) is 18.4 Å². The third kappa shape index (κ3) is 5.10. The number of hydrogen-bond donors (Lipinski definition) is 2. The summed E-state index contributed by atoms with van der Waals surface area (Å²) >= 11 is 3.37. The number of nitrogens with zero attached hydrogens (tertiary/aromatic N) is 1. The normalized spacial score (nSPS) is 17.5. The Bertz CT molecular complexity index is 656. The Labute approximate surface area is 152 Å². The molecule has 0 saturated carbocycles. The molecule has 1 saturated heterocycles. The van der Waals surface area contributed by atoms with Gasteiger partial charge < -0.3 is 15.5 Å². The molecule has 25 heavy (non-hydrogen) atoms. The van der Waals surface area contributed by atoms with Crippen LogP contribution in [0.2, 0.25) is 0 Å². The van der Waals surface area contributed by atoms with Crippen LogP contribution in [-0.4, -0.2) is 42.1 Å². The Morgan fingerprint density at radius 1 is 1.28 bits per heavy atom. The summed E-state index contributed by atoms with van der Waals surface area (Å²) in [6.07, 6.45) is -3.57. The van der Waals surface area contributed by atoms with E-state index in [0.29, 0.717) is 25.1 Å². The first-order valence-corrected chi connectivity index (χ1v) is 8.56. The lowest BCUT2D eigenvalue weighted by Crippen LogP contribution is -2.49. The van der Waals surface area contributed by atoms with E-state index in [9.17, 15) is 22.8 Å². The highest BCUT2D eigenvalue weighted by Gasteiger charge is 2.36. The quantitative estimate of drug-likeness (QED) is 0.780. The molecule has 1 aromatic rings. The minimum absolute atomic E-state index is 0.324. The Hall–Kier alpha value is -1.77. The fraction of sp³-hybridized carbons (Fsp3) is 0.500. The van der Waals surface area contributed by atoms with Gasteiger partial charge in [0.2, 0.25) is 5.91 Å².